The van der Waals surface area contributed by atoms with Crippen LogP contribution in [0.15, 0.2) is 39.3 Å². The molecule has 9 heteroatoms. The molecule has 0 unspecified atom stereocenters. The van der Waals surface area contributed by atoms with E-state index in [-0.39, 0.29) is 11.5 Å². The predicted octanol–water partition coefficient (Wildman–Crippen LogP) is 1.88. The van der Waals surface area contributed by atoms with Crippen molar-refractivity contribution in [2.45, 2.75) is 16.8 Å². The molecule has 0 fully saturated rings. The van der Waals surface area contributed by atoms with Gasteiger partial charge in [-0.25, -0.2) is 0 Å². The Morgan fingerprint density at radius 1 is 1.52 bits per heavy atom. The second-order valence-electron chi connectivity index (χ2n) is 4.27. The molecule has 0 spiro atoms. The first-order chi connectivity index (χ1) is 9.92. The van der Waals surface area contributed by atoms with Crippen LogP contribution in [0.3, 0.4) is 0 Å². The third-order valence-electron chi connectivity index (χ3n) is 2.73. The van der Waals surface area contributed by atoms with Crippen LogP contribution in [0.1, 0.15) is 11.3 Å². The Morgan fingerprint density at radius 3 is 2.76 bits per heavy atom. The zero-order chi connectivity index (χ0) is 15.6. The average Bonchev–Trinajstić information content (AvgIpc) is 2.76. The van der Waals surface area contributed by atoms with E-state index in [0.717, 1.165) is 10.7 Å². The molecule has 0 amide bonds. The van der Waals surface area contributed by atoms with Crippen molar-refractivity contribution < 1.29 is 10.1 Å². The van der Waals surface area contributed by atoms with E-state index in [1.807, 2.05) is 13.0 Å². The second-order valence-corrected chi connectivity index (χ2v) is 5.33. The first-order valence-electron chi connectivity index (χ1n) is 5.87. The molecule has 8 nitrogen and oxygen atoms in total. The molecule has 3 N–H and O–H groups in total. The highest BCUT2D eigenvalue weighted by Gasteiger charge is 2.16. The van der Waals surface area contributed by atoms with Gasteiger partial charge >= 0.3 is 0 Å². The third kappa shape index (κ3) is 3.14. The standard InChI is InChI=1S/C12H13N5O3S/c1-7-5-11(16(2)14-7)21-10-4-3-8(17(19)20)6-9(10)12(13)15-18/h3-6,18H,1-2H3,(H2,13,15). The zero-order valence-electron chi connectivity index (χ0n) is 11.3. The molecule has 0 saturated carbocycles. The summed E-state index contributed by atoms with van der Waals surface area (Å²) in [5, 5.41) is 27.7. The van der Waals surface area contributed by atoms with Crippen LogP contribution in [0.2, 0.25) is 0 Å². The van der Waals surface area contributed by atoms with Crippen molar-refractivity contribution >= 4 is 23.3 Å². The molecule has 0 aliphatic heterocycles. The van der Waals surface area contributed by atoms with Crippen molar-refractivity contribution in [3.8, 4) is 0 Å². The summed E-state index contributed by atoms with van der Waals surface area (Å²) in [6.45, 7) is 1.87. The Balaban J connectivity index is 2.47. The fraction of sp³-hybridized carbons (Fsp3) is 0.167. The lowest BCUT2D eigenvalue weighted by molar-refractivity contribution is -0.384. The second kappa shape index (κ2) is 5.83. The number of aromatic nitrogens is 2. The van der Waals surface area contributed by atoms with E-state index in [0.29, 0.717) is 10.5 Å². The number of hydrogen-bond donors (Lipinski definition) is 2. The van der Waals surface area contributed by atoms with Crippen molar-refractivity contribution in [3.05, 3.63) is 45.6 Å². The monoisotopic (exact) mass is 307 g/mol. The van der Waals surface area contributed by atoms with Crippen LogP contribution in [-0.2, 0) is 7.05 Å². The number of benzene rings is 1. The Labute approximate surface area is 124 Å². The van der Waals surface area contributed by atoms with Crippen LogP contribution in [0.25, 0.3) is 0 Å². The Bertz CT molecular complexity index is 726. The summed E-state index contributed by atoms with van der Waals surface area (Å²) in [4.78, 5) is 10.9. The molecular formula is C12H13N5O3S. The van der Waals surface area contributed by atoms with E-state index >= 15 is 0 Å². The number of aryl methyl sites for hydroxylation is 2. The van der Waals surface area contributed by atoms with Crippen LogP contribution < -0.4 is 5.73 Å². The summed E-state index contributed by atoms with van der Waals surface area (Å²) >= 11 is 1.33. The van der Waals surface area contributed by atoms with Gasteiger partial charge in [0.1, 0.15) is 0 Å². The molecule has 2 aromatic rings. The number of hydrogen-bond acceptors (Lipinski definition) is 6. The highest BCUT2D eigenvalue weighted by atomic mass is 32.2. The smallest absolute Gasteiger partial charge is 0.270 e. The quantitative estimate of drug-likeness (QED) is 0.292. The molecule has 21 heavy (non-hydrogen) atoms. The Kier molecular flexibility index (Phi) is 4.13. The maximum atomic E-state index is 10.8. The van der Waals surface area contributed by atoms with Gasteiger partial charge in [-0.1, -0.05) is 16.9 Å². The van der Waals surface area contributed by atoms with Crippen LogP contribution in [0.5, 0.6) is 0 Å². The molecule has 0 radical (unpaired) electrons. The van der Waals surface area contributed by atoms with Crippen molar-refractivity contribution in [1.29, 1.82) is 0 Å². The topological polar surface area (TPSA) is 120 Å². The highest BCUT2D eigenvalue weighted by molar-refractivity contribution is 7.99. The van der Waals surface area contributed by atoms with Gasteiger partial charge in [0, 0.05) is 29.6 Å². The fourth-order valence-corrected chi connectivity index (χ4v) is 2.81. The first-order valence-corrected chi connectivity index (χ1v) is 6.69. The van der Waals surface area contributed by atoms with Crippen LogP contribution in [-0.4, -0.2) is 25.7 Å². The molecule has 0 atom stereocenters. The normalized spacial score (nSPS) is 11.6. The van der Waals surface area contributed by atoms with Gasteiger partial charge in [0.25, 0.3) is 5.69 Å². The molecule has 1 heterocycles. The lowest BCUT2D eigenvalue weighted by Gasteiger charge is -2.07. The van der Waals surface area contributed by atoms with E-state index in [1.54, 1.807) is 17.8 Å². The first kappa shape index (κ1) is 14.9. The maximum Gasteiger partial charge on any atom is 0.270 e. The number of nitro groups is 1. The number of nitrogens with zero attached hydrogens (tertiary/aromatic N) is 4. The SMILES string of the molecule is Cc1cc(Sc2ccc([N+](=O)[O-])cc2C(N)=NO)n(C)n1. The molecule has 0 aliphatic carbocycles. The third-order valence-corrected chi connectivity index (χ3v) is 3.90. The van der Waals surface area contributed by atoms with Crippen molar-refractivity contribution in [3.63, 3.8) is 0 Å². The maximum absolute atomic E-state index is 10.8. The van der Waals surface area contributed by atoms with Crippen LogP contribution in [0, 0.1) is 17.0 Å². The number of oxime groups is 1. The van der Waals surface area contributed by atoms with Gasteiger partial charge in [-0.05, 0) is 19.1 Å². The number of non-ortho nitro benzene ring substituents is 1. The van der Waals surface area contributed by atoms with Crippen molar-refractivity contribution in [2.24, 2.45) is 17.9 Å². The van der Waals surface area contributed by atoms with E-state index in [9.17, 15) is 10.1 Å². The van der Waals surface area contributed by atoms with Crippen molar-refractivity contribution in [1.82, 2.24) is 9.78 Å². The van der Waals surface area contributed by atoms with E-state index in [2.05, 4.69) is 10.3 Å². The summed E-state index contributed by atoms with van der Waals surface area (Å²) < 4.78 is 1.69. The summed E-state index contributed by atoms with van der Waals surface area (Å²) in [7, 11) is 1.80. The lowest BCUT2D eigenvalue weighted by atomic mass is 10.2. The summed E-state index contributed by atoms with van der Waals surface area (Å²) in [6.07, 6.45) is 0. The largest absolute Gasteiger partial charge is 0.409 e. The number of nitrogens with two attached hydrogens (primary N) is 1. The van der Waals surface area contributed by atoms with Gasteiger partial charge in [-0.15, -0.1) is 0 Å². The number of rotatable bonds is 4. The van der Waals surface area contributed by atoms with Gasteiger partial charge in [0.15, 0.2) is 5.84 Å². The molecule has 0 bridgehead atoms. The minimum absolute atomic E-state index is 0.123. The predicted molar refractivity (Wildman–Crippen MR) is 77.7 cm³/mol. The highest BCUT2D eigenvalue weighted by Crippen LogP contribution is 2.32. The Morgan fingerprint density at radius 2 is 2.24 bits per heavy atom. The molecule has 0 saturated heterocycles. The Hall–Kier alpha value is -2.55. The van der Waals surface area contributed by atoms with Gasteiger partial charge in [0.05, 0.1) is 15.6 Å². The average molecular weight is 307 g/mol. The molecule has 0 aliphatic rings. The number of amidine groups is 1. The summed E-state index contributed by atoms with van der Waals surface area (Å²) in [5.74, 6) is -0.180. The minimum Gasteiger partial charge on any atom is -0.409 e. The lowest BCUT2D eigenvalue weighted by Crippen LogP contribution is -2.14. The van der Waals surface area contributed by atoms with E-state index in [4.69, 9.17) is 10.9 Å². The van der Waals surface area contributed by atoms with Crippen molar-refractivity contribution in [2.75, 3.05) is 0 Å². The molecule has 2 rings (SSSR count). The van der Waals surface area contributed by atoms with E-state index in [1.165, 1.54) is 23.9 Å². The van der Waals surface area contributed by atoms with Gasteiger partial charge in [0.2, 0.25) is 0 Å². The molecular weight excluding hydrogens is 294 g/mol. The number of nitro benzene ring substituents is 1. The van der Waals surface area contributed by atoms with Gasteiger partial charge in [-0.2, -0.15) is 5.10 Å². The van der Waals surface area contributed by atoms with Crippen LogP contribution in [0.4, 0.5) is 5.69 Å². The van der Waals surface area contributed by atoms with Crippen LogP contribution >= 0.6 is 11.8 Å². The van der Waals surface area contributed by atoms with Gasteiger partial charge in [-0.3, -0.25) is 14.8 Å². The minimum atomic E-state index is -0.531. The zero-order valence-corrected chi connectivity index (χ0v) is 12.2. The van der Waals surface area contributed by atoms with E-state index < -0.39 is 4.92 Å². The molecule has 1 aromatic carbocycles. The summed E-state index contributed by atoms with van der Waals surface area (Å²) in [5.41, 5.74) is 6.64. The summed E-state index contributed by atoms with van der Waals surface area (Å²) in [6, 6.07) is 6.10. The van der Waals surface area contributed by atoms with Gasteiger partial charge < -0.3 is 10.9 Å². The molecule has 1 aromatic heterocycles. The fourth-order valence-electron chi connectivity index (χ4n) is 1.77. The molecule has 110 valence electrons.